The van der Waals surface area contributed by atoms with E-state index in [9.17, 15) is 9.18 Å². The third-order valence-electron chi connectivity index (χ3n) is 2.59. The molecule has 0 aliphatic carbocycles. The topological polar surface area (TPSA) is 38.3 Å². The number of hydrogen-bond donors (Lipinski definition) is 1. The van der Waals surface area contributed by atoms with Gasteiger partial charge in [-0.3, -0.25) is 0 Å². The van der Waals surface area contributed by atoms with Crippen molar-refractivity contribution < 1.29 is 13.9 Å². The number of ether oxygens (including phenoxy) is 1. The molecule has 0 fully saturated rings. The molecule has 0 radical (unpaired) electrons. The predicted molar refractivity (Wildman–Crippen MR) is 78.1 cm³/mol. The Morgan fingerprint density at radius 1 is 1.56 bits per heavy atom. The Morgan fingerprint density at radius 3 is 2.83 bits per heavy atom. The zero-order valence-corrected chi connectivity index (χ0v) is 12.7. The smallest absolute Gasteiger partial charge is 0.328 e. The van der Waals surface area contributed by atoms with Gasteiger partial charge in [-0.2, -0.15) is 0 Å². The molecule has 100 valence electrons. The number of unbranched alkanes of at least 4 members (excludes halogenated alkanes) is 1. The molecule has 0 saturated heterocycles. The summed E-state index contributed by atoms with van der Waals surface area (Å²) in [5.74, 6) is -0.572. The summed E-state index contributed by atoms with van der Waals surface area (Å²) in [7, 11) is 1.37. The molecule has 18 heavy (non-hydrogen) atoms. The van der Waals surface area contributed by atoms with E-state index in [1.165, 1.54) is 19.2 Å². The van der Waals surface area contributed by atoms with Gasteiger partial charge in [-0.25, -0.2) is 9.18 Å². The maximum atomic E-state index is 13.0. The fourth-order valence-electron chi connectivity index (χ4n) is 1.59. The van der Waals surface area contributed by atoms with Gasteiger partial charge >= 0.3 is 5.97 Å². The number of benzene rings is 1. The maximum absolute atomic E-state index is 13.0. The highest BCUT2D eigenvalue weighted by Gasteiger charge is 2.19. The SMILES string of the molecule is CCCCC(Nc1ccc(F)cc1I)C(=O)OC. The molecule has 0 bridgehead atoms. The number of halogens is 2. The van der Waals surface area contributed by atoms with Crippen LogP contribution in [0.5, 0.6) is 0 Å². The highest BCUT2D eigenvalue weighted by atomic mass is 127. The molecular weight excluding hydrogens is 348 g/mol. The molecule has 5 heteroatoms. The summed E-state index contributed by atoms with van der Waals surface area (Å²) in [5, 5.41) is 3.11. The molecule has 1 rings (SSSR count). The molecule has 1 unspecified atom stereocenters. The van der Waals surface area contributed by atoms with E-state index in [0.717, 1.165) is 22.1 Å². The van der Waals surface area contributed by atoms with Gasteiger partial charge in [0.2, 0.25) is 0 Å². The molecule has 1 aromatic carbocycles. The lowest BCUT2D eigenvalue weighted by molar-refractivity contribution is -0.141. The van der Waals surface area contributed by atoms with Crippen LogP contribution in [-0.2, 0) is 9.53 Å². The highest BCUT2D eigenvalue weighted by molar-refractivity contribution is 14.1. The summed E-state index contributed by atoms with van der Waals surface area (Å²) in [6.07, 6.45) is 2.65. The maximum Gasteiger partial charge on any atom is 0.328 e. The molecule has 0 amide bonds. The average Bonchev–Trinajstić information content (AvgIpc) is 2.36. The minimum atomic E-state index is -0.381. The van der Waals surface area contributed by atoms with Crippen LogP contribution in [0.4, 0.5) is 10.1 Å². The van der Waals surface area contributed by atoms with Gasteiger partial charge in [0.05, 0.1) is 7.11 Å². The lowest BCUT2D eigenvalue weighted by Crippen LogP contribution is -2.30. The Hall–Kier alpha value is -0.850. The van der Waals surface area contributed by atoms with Crippen molar-refractivity contribution in [3.63, 3.8) is 0 Å². The monoisotopic (exact) mass is 365 g/mol. The van der Waals surface area contributed by atoms with Crippen molar-refractivity contribution in [1.82, 2.24) is 0 Å². The van der Waals surface area contributed by atoms with Crippen molar-refractivity contribution in [3.8, 4) is 0 Å². The Labute approximate surface area is 120 Å². The second-order valence-electron chi connectivity index (χ2n) is 3.99. The summed E-state index contributed by atoms with van der Waals surface area (Å²) in [6, 6.07) is 4.06. The molecule has 3 nitrogen and oxygen atoms in total. The van der Waals surface area contributed by atoms with Crippen molar-refractivity contribution in [2.45, 2.75) is 32.2 Å². The van der Waals surface area contributed by atoms with Gasteiger partial charge in [0.15, 0.2) is 0 Å². The molecular formula is C13H17FINO2. The van der Waals surface area contributed by atoms with E-state index in [1.54, 1.807) is 6.07 Å². The largest absolute Gasteiger partial charge is 0.467 e. The Morgan fingerprint density at radius 2 is 2.28 bits per heavy atom. The van der Waals surface area contributed by atoms with E-state index in [-0.39, 0.29) is 17.8 Å². The highest BCUT2D eigenvalue weighted by Crippen LogP contribution is 2.21. The molecule has 1 atom stereocenters. The van der Waals surface area contributed by atoms with Crippen LogP contribution < -0.4 is 5.32 Å². The lowest BCUT2D eigenvalue weighted by atomic mass is 10.1. The van der Waals surface area contributed by atoms with Crippen LogP contribution in [0.25, 0.3) is 0 Å². The zero-order valence-electron chi connectivity index (χ0n) is 10.5. The third kappa shape index (κ3) is 4.44. The Balaban J connectivity index is 2.78. The van der Waals surface area contributed by atoms with E-state index >= 15 is 0 Å². The first-order chi connectivity index (χ1) is 8.58. The van der Waals surface area contributed by atoms with Crippen LogP contribution in [0, 0.1) is 9.39 Å². The second kappa shape index (κ2) is 7.56. The van der Waals surface area contributed by atoms with Crippen LogP contribution >= 0.6 is 22.6 Å². The molecule has 0 aliphatic rings. The lowest BCUT2D eigenvalue weighted by Gasteiger charge is -2.18. The van der Waals surface area contributed by atoms with Gasteiger partial charge in [-0.05, 0) is 47.2 Å². The predicted octanol–water partition coefficient (Wildman–Crippen LogP) is 3.57. The summed E-state index contributed by atoms with van der Waals surface area (Å²) in [4.78, 5) is 11.6. The van der Waals surface area contributed by atoms with Gasteiger partial charge in [-0.15, -0.1) is 0 Å². The second-order valence-corrected chi connectivity index (χ2v) is 5.15. The van der Waals surface area contributed by atoms with E-state index in [2.05, 4.69) is 12.2 Å². The number of carbonyl (C=O) groups is 1. The van der Waals surface area contributed by atoms with E-state index in [0.29, 0.717) is 6.42 Å². The fraction of sp³-hybridized carbons (Fsp3) is 0.462. The third-order valence-corrected chi connectivity index (χ3v) is 3.49. The fourth-order valence-corrected chi connectivity index (χ4v) is 2.23. The summed E-state index contributed by atoms with van der Waals surface area (Å²) in [5.41, 5.74) is 0.753. The van der Waals surface area contributed by atoms with Crippen molar-refractivity contribution in [1.29, 1.82) is 0 Å². The number of carbonyl (C=O) groups excluding carboxylic acids is 1. The van der Waals surface area contributed by atoms with Crippen molar-refractivity contribution in [2.75, 3.05) is 12.4 Å². The van der Waals surface area contributed by atoms with Gasteiger partial charge in [-0.1, -0.05) is 19.8 Å². The number of esters is 1. The van der Waals surface area contributed by atoms with Crippen LogP contribution in [-0.4, -0.2) is 19.1 Å². The first-order valence-corrected chi connectivity index (χ1v) is 6.95. The number of rotatable bonds is 6. The summed E-state index contributed by atoms with van der Waals surface area (Å²) in [6.45, 7) is 2.07. The first kappa shape index (κ1) is 15.2. The molecule has 1 aromatic rings. The number of nitrogens with one attached hydrogen (secondary N) is 1. The Kier molecular flexibility index (Phi) is 6.38. The van der Waals surface area contributed by atoms with Crippen LogP contribution in [0.2, 0.25) is 0 Å². The standard InChI is InChI=1S/C13H17FINO2/c1-3-4-5-12(13(17)18-2)16-11-7-6-9(14)8-10(11)15/h6-8,12,16H,3-5H2,1-2H3. The van der Waals surface area contributed by atoms with Crippen molar-refractivity contribution >= 4 is 34.2 Å². The molecule has 0 saturated carbocycles. The van der Waals surface area contributed by atoms with Gasteiger partial charge in [0, 0.05) is 9.26 Å². The van der Waals surface area contributed by atoms with Gasteiger partial charge in [0.25, 0.3) is 0 Å². The quantitative estimate of drug-likeness (QED) is 0.619. The molecule has 0 aromatic heterocycles. The van der Waals surface area contributed by atoms with E-state index in [4.69, 9.17) is 4.74 Å². The minimum absolute atomic E-state index is 0.284. The average molecular weight is 365 g/mol. The number of methoxy groups -OCH3 is 1. The molecule has 0 heterocycles. The van der Waals surface area contributed by atoms with Crippen molar-refractivity contribution in [2.24, 2.45) is 0 Å². The minimum Gasteiger partial charge on any atom is -0.467 e. The Bertz CT molecular complexity index is 412. The molecule has 0 spiro atoms. The normalized spacial score (nSPS) is 12.0. The molecule has 0 aliphatic heterocycles. The summed E-state index contributed by atoms with van der Waals surface area (Å²) >= 11 is 2.04. The van der Waals surface area contributed by atoms with Gasteiger partial charge in [0.1, 0.15) is 11.9 Å². The van der Waals surface area contributed by atoms with Crippen molar-refractivity contribution in [3.05, 3.63) is 27.6 Å². The van der Waals surface area contributed by atoms with Crippen LogP contribution in [0.3, 0.4) is 0 Å². The van der Waals surface area contributed by atoms with Crippen LogP contribution in [0.1, 0.15) is 26.2 Å². The number of anilines is 1. The van der Waals surface area contributed by atoms with Crippen LogP contribution in [0.15, 0.2) is 18.2 Å². The zero-order chi connectivity index (χ0) is 13.5. The molecule has 1 N–H and O–H groups in total. The van der Waals surface area contributed by atoms with Gasteiger partial charge < -0.3 is 10.1 Å². The summed E-state index contributed by atoms with van der Waals surface area (Å²) < 4.78 is 18.5. The van der Waals surface area contributed by atoms with E-state index < -0.39 is 0 Å². The first-order valence-electron chi connectivity index (χ1n) is 5.88. The number of hydrogen-bond acceptors (Lipinski definition) is 3. The van der Waals surface area contributed by atoms with E-state index in [1.807, 2.05) is 22.6 Å².